The second kappa shape index (κ2) is 14.0. The zero-order chi connectivity index (χ0) is 34.2. The van der Waals surface area contributed by atoms with E-state index in [1.807, 2.05) is 86.6 Å². The summed E-state index contributed by atoms with van der Waals surface area (Å²) in [6.07, 6.45) is 3.82. The van der Waals surface area contributed by atoms with Gasteiger partial charge < -0.3 is 24.5 Å². The number of hydrogen-bond donors (Lipinski definition) is 1. The fourth-order valence-corrected chi connectivity index (χ4v) is 9.09. The number of anilines is 1. The van der Waals surface area contributed by atoms with Gasteiger partial charge in [-0.2, -0.15) is 0 Å². The zero-order valence-electron chi connectivity index (χ0n) is 27.6. The molecule has 8 nitrogen and oxygen atoms in total. The van der Waals surface area contributed by atoms with Gasteiger partial charge in [-0.15, -0.1) is 13.2 Å². The van der Waals surface area contributed by atoms with Gasteiger partial charge >= 0.3 is 0 Å². The molecule has 3 aromatic carbocycles. The van der Waals surface area contributed by atoms with Crippen LogP contribution in [0, 0.1) is 17.8 Å². The predicted molar refractivity (Wildman–Crippen MR) is 191 cm³/mol. The Hall–Kier alpha value is -3.79. The van der Waals surface area contributed by atoms with E-state index >= 15 is 4.79 Å². The van der Waals surface area contributed by atoms with Crippen LogP contribution in [0.4, 0.5) is 5.69 Å². The van der Waals surface area contributed by atoms with Gasteiger partial charge in [0.2, 0.25) is 11.8 Å². The lowest BCUT2D eigenvalue weighted by atomic mass is 9.70. The average molecular weight is 715 g/mol. The molecule has 0 radical (unpaired) electrons. The van der Waals surface area contributed by atoms with Crippen molar-refractivity contribution in [2.45, 2.75) is 61.8 Å². The summed E-state index contributed by atoms with van der Waals surface area (Å²) in [4.78, 5) is 49.3. The van der Waals surface area contributed by atoms with Crippen molar-refractivity contribution >= 4 is 50.1 Å². The molecule has 3 heterocycles. The van der Waals surface area contributed by atoms with E-state index in [2.05, 4.69) is 29.1 Å². The molecule has 3 unspecified atom stereocenters. The molecule has 1 spiro atoms. The van der Waals surface area contributed by atoms with Crippen LogP contribution in [0.25, 0.3) is 10.8 Å². The van der Waals surface area contributed by atoms with Crippen LogP contribution in [0.15, 0.2) is 98.1 Å². The number of halogens is 1. The van der Waals surface area contributed by atoms with Gasteiger partial charge in [-0.05, 0) is 40.8 Å². The number of benzene rings is 3. The van der Waals surface area contributed by atoms with E-state index in [9.17, 15) is 14.7 Å². The minimum absolute atomic E-state index is 0.112. The number of amides is 3. The highest BCUT2D eigenvalue weighted by Crippen LogP contribution is 2.61. The van der Waals surface area contributed by atoms with Crippen LogP contribution >= 0.6 is 15.9 Å². The highest BCUT2D eigenvalue weighted by Gasteiger charge is 2.77. The van der Waals surface area contributed by atoms with Crippen molar-refractivity contribution in [3.05, 3.63) is 104 Å². The topological polar surface area (TPSA) is 90.4 Å². The first-order valence-electron chi connectivity index (χ1n) is 16.8. The molecule has 9 heteroatoms. The van der Waals surface area contributed by atoms with Crippen molar-refractivity contribution in [3.8, 4) is 0 Å². The molecule has 1 N–H and O–H groups in total. The van der Waals surface area contributed by atoms with Crippen LogP contribution in [0.1, 0.15) is 32.3 Å². The summed E-state index contributed by atoms with van der Waals surface area (Å²) in [5.74, 6) is -2.65. The Balaban J connectivity index is 1.45. The van der Waals surface area contributed by atoms with Crippen LogP contribution in [-0.2, 0) is 25.7 Å². The maximum atomic E-state index is 15.1. The lowest BCUT2D eigenvalue weighted by molar-refractivity contribution is -0.148. The number of fused-ring (bicyclic) bond motifs is 2. The van der Waals surface area contributed by atoms with Gasteiger partial charge in [0.25, 0.3) is 5.91 Å². The average Bonchev–Trinajstić information content (AvgIpc) is 3.70. The summed E-state index contributed by atoms with van der Waals surface area (Å²) in [7, 11) is 0. The molecule has 3 amide bonds. The predicted octanol–water partition coefficient (Wildman–Crippen LogP) is 5.73. The van der Waals surface area contributed by atoms with Gasteiger partial charge in [-0.1, -0.05) is 109 Å². The molecule has 2 bridgehead atoms. The minimum atomic E-state index is -1.27. The molecule has 3 aliphatic heterocycles. The summed E-state index contributed by atoms with van der Waals surface area (Å²) in [5.41, 5.74) is 0.365. The molecule has 3 fully saturated rings. The molecule has 48 heavy (non-hydrogen) atoms. The first kappa shape index (κ1) is 34.1. The second-order valence-electron chi connectivity index (χ2n) is 13.3. The van der Waals surface area contributed by atoms with Gasteiger partial charge in [-0.25, -0.2) is 0 Å². The van der Waals surface area contributed by atoms with E-state index in [4.69, 9.17) is 4.74 Å². The van der Waals surface area contributed by atoms with E-state index in [1.54, 1.807) is 26.9 Å². The number of alkyl halides is 1. The SMILES string of the molecule is C=CCN(Cc1ccccc1)C(=O)[C@H]1[C@@H]2OC3(CC2Br)C(C(=O)N(CC=C)c2ccc4ccccc4c2)N([C@@H](CO)[C@@H](C)CC)C(=O)[C@H]13. The van der Waals surface area contributed by atoms with E-state index in [0.717, 1.165) is 16.3 Å². The fraction of sp³-hybridized carbons (Fsp3) is 0.410. The number of hydrogen-bond acceptors (Lipinski definition) is 5. The standard InChI is InChI=1S/C39H44BrN3O5/c1-5-19-41(23-26-13-9-8-10-14-26)36(45)32-33-37(46)43(31(24-44)25(4)7-3)35(39(33)22-30(40)34(32)48-39)38(47)42(20-6-2)29-18-17-27-15-11-12-16-28(27)21-29/h5-6,8-18,21,25,30-35,44H,1-2,7,19-20,22-24H2,3-4H3/t25-,30?,31-,32+,33-,34+,35?,39?/m0/s1. The summed E-state index contributed by atoms with van der Waals surface area (Å²) < 4.78 is 6.85. The molecule has 3 aromatic rings. The van der Waals surface area contributed by atoms with Gasteiger partial charge in [0, 0.05) is 30.1 Å². The zero-order valence-corrected chi connectivity index (χ0v) is 29.2. The van der Waals surface area contributed by atoms with Gasteiger partial charge in [0.1, 0.15) is 11.6 Å². The number of rotatable bonds is 13. The van der Waals surface area contributed by atoms with Gasteiger partial charge in [0.05, 0.1) is 30.6 Å². The molecule has 0 saturated carbocycles. The molecule has 6 rings (SSSR count). The quantitative estimate of drug-likeness (QED) is 0.181. The van der Waals surface area contributed by atoms with Crippen LogP contribution in [0.5, 0.6) is 0 Å². The second-order valence-corrected chi connectivity index (χ2v) is 14.5. The highest BCUT2D eigenvalue weighted by atomic mass is 79.9. The normalized spacial score (nSPS) is 27.0. The number of aliphatic hydroxyl groups is 1. The third-order valence-electron chi connectivity index (χ3n) is 10.6. The number of carbonyl (C=O) groups is 3. The first-order chi connectivity index (χ1) is 23.2. The maximum absolute atomic E-state index is 15.1. The third kappa shape index (κ3) is 5.69. The Bertz CT molecular complexity index is 1700. The molecular weight excluding hydrogens is 670 g/mol. The smallest absolute Gasteiger partial charge is 0.253 e. The van der Waals surface area contributed by atoms with E-state index in [0.29, 0.717) is 31.6 Å². The fourth-order valence-electron chi connectivity index (χ4n) is 8.15. The highest BCUT2D eigenvalue weighted by molar-refractivity contribution is 9.09. The third-order valence-corrected chi connectivity index (χ3v) is 11.4. The number of aliphatic hydroxyl groups excluding tert-OH is 1. The van der Waals surface area contributed by atoms with Gasteiger partial charge in [-0.3, -0.25) is 14.4 Å². The summed E-state index contributed by atoms with van der Waals surface area (Å²) in [6.45, 7) is 12.4. The Morgan fingerprint density at radius 2 is 1.73 bits per heavy atom. The molecule has 3 saturated heterocycles. The van der Waals surface area contributed by atoms with Crippen molar-refractivity contribution in [3.63, 3.8) is 0 Å². The van der Waals surface area contributed by atoms with E-state index < -0.39 is 35.6 Å². The summed E-state index contributed by atoms with van der Waals surface area (Å²) in [5, 5.41) is 12.8. The van der Waals surface area contributed by atoms with Crippen molar-refractivity contribution < 1.29 is 24.2 Å². The van der Waals surface area contributed by atoms with Crippen LogP contribution < -0.4 is 4.90 Å². The van der Waals surface area contributed by atoms with E-state index in [-0.39, 0.29) is 41.6 Å². The number of carbonyl (C=O) groups excluding carboxylic acids is 3. The number of likely N-dealkylation sites (tertiary alicyclic amines) is 1. The summed E-state index contributed by atoms with van der Waals surface area (Å²) in [6, 6.07) is 21.8. The molecule has 0 aromatic heterocycles. The van der Waals surface area contributed by atoms with Crippen LogP contribution in [0.3, 0.4) is 0 Å². The van der Waals surface area contributed by atoms with Crippen molar-refractivity contribution in [1.29, 1.82) is 0 Å². The lowest BCUT2D eigenvalue weighted by Crippen LogP contribution is -2.60. The van der Waals surface area contributed by atoms with E-state index in [1.165, 1.54) is 0 Å². The molecular formula is C39H44BrN3O5. The largest absolute Gasteiger partial charge is 0.394 e. The Labute approximate surface area is 291 Å². The maximum Gasteiger partial charge on any atom is 0.253 e. The van der Waals surface area contributed by atoms with Crippen LogP contribution in [-0.4, -0.2) is 80.9 Å². The molecule has 3 aliphatic rings. The minimum Gasteiger partial charge on any atom is -0.394 e. The van der Waals surface area contributed by atoms with Crippen molar-refractivity contribution in [1.82, 2.24) is 9.80 Å². The van der Waals surface area contributed by atoms with Crippen molar-refractivity contribution in [2.24, 2.45) is 17.8 Å². The van der Waals surface area contributed by atoms with Crippen molar-refractivity contribution in [2.75, 3.05) is 24.6 Å². The van der Waals surface area contributed by atoms with Gasteiger partial charge in [0.15, 0.2) is 0 Å². The molecule has 252 valence electrons. The number of nitrogens with zero attached hydrogens (tertiary/aromatic N) is 3. The Morgan fingerprint density at radius 1 is 1.04 bits per heavy atom. The Kier molecular flexibility index (Phi) is 9.93. The Morgan fingerprint density at radius 3 is 2.40 bits per heavy atom. The summed E-state index contributed by atoms with van der Waals surface area (Å²) >= 11 is 3.81. The lowest BCUT2D eigenvalue weighted by Gasteiger charge is -2.41. The van der Waals surface area contributed by atoms with Crippen LogP contribution in [0.2, 0.25) is 0 Å². The molecule has 8 atom stereocenters. The molecule has 0 aliphatic carbocycles. The first-order valence-corrected chi connectivity index (χ1v) is 17.7. The monoisotopic (exact) mass is 713 g/mol. The number of ether oxygens (including phenoxy) is 1.